The van der Waals surface area contributed by atoms with Crippen LogP contribution in [0.5, 0.6) is 0 Å². The Balaban J connectivity index is 3.15. The fourth-order valence-corrected chi connectivity index (χ4v) is 5.46. The Hall–Kier alpha value is -0.926. The molecule has 0 aromatic heterocycles. The maximum Gasteiger partial charge on any atom is 0.312 e. The zero-order valence-electron chi connectivity index (χ0n) is 18.8. The van der Waals surface area contributed by atoms with E-state index in [0.717, 1.165) is 0 Å². The summed E-state index contributed by atoms with van der Waals surface area (Å²) in [5.41, 5.74) is -0.728. The van der Waals surface area contributed by atoms with Crippen LogP contribution in [0.1, 0.15) is 40.5 Å². The van der Waals surface area contributed by atoms with Crippen molar-refractivity contribution in [1.29, 1.82) is 0 Å². The van der Waals surface area contributed by atoms with Crippen molar-refractivity contribution in [2.24, 2.45) is 11.8 Å². The fourth-order valence-electron chi connectivity index (χ4n) is 2.98. The average Bonchev–Trinajstić information content (AvgIpc) is 2.51. The summed E-state index contributed by atoms with van der Waals surface area (Å²) in [4.78, 5) is 25.0. The molecule has 0 aromatic rings. The summed E-state index contributed by atoms with van der Waals surface area (Å²) >= 11 is 0. The van der Waals surface area contributed by atoms with E-state index in [-0.39, 0.29) is 22.9 Å². The second-order valence-electron chi connectivity index (χ2n) is 10.1. The third-order valence-electron chi connectivity index (χ3n) is 5.71. The van der Waals surface area contributed by atoms with Gasteiger partial charge in [-0.3, -0.25) is 9.59 Å². The molecule has 0 N–H and O–H groups in total. The Kier molecular flexibility index (Phi) is 7.33. The van der Waals surface area contributed by atoms with Gasteiger partial charge in [0.05, 0.1) is 24.5 Å². The molecular formula is C20H38O5Si2. The van der Waals surface area contributed by atoms with E-state index in [1.54, 1.807) is 0 Å². The molecule has 0 unspecified atom stereocenters. The highest BCUT2D eigenvalue weighted by Crippen LogP contribution is 2.41. The number of hydrogen-bond donors (Lipinski definition) is 0. The lowest BCUT2D eigenvalue weighted by Crippen LogP contribution is -2.53. The van der Waals surface area contributed by atoms with Crippen molar-refractivity contribution in [3.05, 3.63) is 12.2 Å². The molecule has 1 rings (SSSR count). The van der Waals surface area contributed by atoms with Crippen molar-refractivity contribution in [1.82, 2.24) is 0 Å². The third kappa shape index (κ3) is 6.02. The van der Waals surface area contributed by atoms with Crippen LogP contribution in [0.25, 0.3) is 0 Å². The van der Waals surface area contributed by atoms with Crippen LogP contribution in [-0.2, 0) is 23.2 Å². The molecule has 0 amide bonds. The van der Waals surface area contributed by atoms with Gasteiger partial charge in [-0.1, -0.05) is 32.9 Å². The standard InChI is InChI=1S/C20H38O5Si2/c1-15(17(21)24-27(9,10)19(2,3)4)20(25-26(6,7)8)13-11-16(12-14-20)18(22)23-5/h11,13,15-16H,12,14H2,1-10H3/t15-,16-,20-/m1/s1. The minimum Gasteiger partial charge on any atom is -0.519 e. The lowest BCUT2D eigenvalue weighted by Gasteiger charge is -2.44. The predicted molar refractivity (Wildman–Crippen MR) is 113 cm³/mol. The first-order valence-electron chi connectivity index (χ1n) is 9.75. The van der Waals surface area contributed by atoms with E-state index in [9.17, 15) is 9.59 Å². The van der Waals surface area contributed by atoms with Crippen molar-refractivity contribution in [2.75, 3.05) is 7.11 Å². The zero-order valence-corrected chi connectivity index (χ0v) is 20.8. The number of carbonyl (C=O) groups is 2. The maximum atomic E-state index is 13.1. The largest absolute Gasteiger partial charge is 0.519 e. The summed E-state index contributed by atoms with van der Waals surface area (Å²) < 4.78 is 17.4. The van der Waals surface area contributed by atoms with E-state index in [4.69, 9.17) is 13.6 Å². The van der Waals surface area contributed by atoms with Gasteiger partial charge in [0.2, 0.25) is 0 Å². The minimum absolute atomic E-state index is 0.0481. The minimum atomic E-state index is -2.22. The second kappa shape index (κ2) is 8.21. The van der Waals surface area contributed by atoms with Gasteiger partial charge in [0, 0.05) is 0 Å². The molecule has 0 fully saturated rings. The highest BCUT2D eigenvalue weighted by molar-refractivity contribution is 6.75. The Morgan fingerprint density at radius 1 is 1.15 bits per heavy atom. The third-order valence-corrected chi connectivity index (χ3v) is 11.0. The molecule has 3 atom stereocenters. The van der Waals surface area contributed by atoms with E-state index >= 15 is 0 Å². The summed E-state index contributed by atoms with van der Waals surface area (Å²) in [5.74, 6) is -1.17. The molecule has 5 nitrogen and oxygen atoms in total. The van der Waals surface area contributed by atoms with Gasteiger partial charge in [-0.25, -0.2) is 0 Å². The molecule has 0 saturated heterocycles. The van der Waals surface area contributed by atoms with Crippen molar-refractivity contribution in [3.8, 4) is 0 Å². The van der Waals surface area contributed by atoms with Crippen LogP contribution in [0.2, 0.25) is 37.8 Å². The molecular weight excluding hydrogens is 376 g/mol. The molecule has 156 valence electrons. The van der Waals surface area contributed by atoms with Crippen molar-refractivity contribution >= 4 is 28.6 Å². The van der Waals surface area contributed by atoms with Gasteiger partial charge in [-0.15, -0.1) is 0 Å². The lowest BCUT2D eigenvalue weighted by molar-refractivity contribution is -0.147. The zero-order chi connectivity index (χ0) is 21.3. The summed E-state index contributed by atoms with van der Waals surface area (Å²) in [6.07, 6.45) is 4.95. The fraction of sp³-hybridized carbons (Fsp3) is 0.800. The number of carbonyl (C=O) groups excluding carboxylic acids is 2. The monoisotopic (exact) mass is 414 g/mol. The van der Waals surface area contributed by atoms with Crippen LogP contribution in [0, 0.1) is 11.8 Å². The molecule has 0 aromatic carbocycles. The molecule has 0 bridgehead atoms. The van der Waals surface area contributed by atoms with Crippen LogP contribution < -0.4 is 0 Å². The van der Waals surface area contributed by atoms with E-state index in [1.165, 1.54) is 7.11 Å². The van der Waals surface area contributed by atoms with Crippen LogP contribution in [0.4, 0.5) is 0 Å². The Labute approximate surface area is 167 Å². The number of esters is 1. The molecule has 27 heavy (non-hydrogen) atoms. The topological polar surface area (TPSA) is 61.8 Å². The molecule has 7 heteroatoms. The van der Waals surface area contributed by atoms with Crippen LogP contribution in [0.3, 0.4) is 0 Å². The highest BCUT2D eigenvalue weighted by atomic mass is 28.4. The summed E-state index contributed by atoms with van der Waals surface area (Å²) in [7, 11) is -2.76. The first-order chi connectivity index (χ1) is 12.0. The molecule has 0 aliphatic heterocycles. The quantitative estimate of drug-likeness (QED) is 0.351. The molecule has 0 radical (unpaired) electrons. The van der Waals surface area contributed by atoms with Gasteiger partial charge in [0.1, 0.15) is 0 Å². The summed E-state index contributed by atoms with van der Waals surface area (Å²) in [6.45, 7) is 18.7. The number of methoxy groups -OCH3 is 1. The summed E-state index contributed by atoms with van der Waals surface area (Å²) in [6, 6.07) is 0. The second-order valence-corrected chi connectivity index (χ2v) is 19.3. The molecule has 1 aliphatic carbocycles. The Morgan fingerprint density at radius 2 is 1.70 bits per heavy atom. The maximum absolute atomic E-state index is 13.1. The molecule has 0 saturated carbocycles. The van der Waals surface area contributed by atoms with Gasteiger partial charge < -0.3 is 13.6 Å². The number of ether oxygens (including phenoxy) is 1. The highest BCUT2D eigenvalue weighted by Gasteiger charge is 2.48. The van der Waals surface area contributed by atoms with Gasteiger partial charge in [-0.2, -0.15) is 0 Å². The summed E-state index contributed by atoms with van der Waals surface area (Å²) in [5, 5.41) is -0.0481. The Bertz CT molecular complexity index is 586. The average molecular weight is 415 g/mol. The number of rotatable bonds is 6. The first-order valence-corrected chi connectivity index (χ1v) is 16.1. The molecule has 0 heterocycles. The lowest BCUT2D eigenvalue weighted by atomic mass is 9.78. The van der Waals surface area contributed by atoms with Gasteiger partial charge in [-0.05, 0) is 57.5 Å². The van der Waals surface area contributed by atoms with Crippen LogP contribution in [0.15, 0.2) is 12.2 Å². The van der Waals surface area contributed by atoms with Crippen molar-refractivity contribution in [3.63, 3.8) is 0 Å². The predicted octanol–water partition coefficient (Wildman–Crippen LogP) is 4.90. The van der Waals surface area contributed by atoms with Crippen molar-refractivity contribution < 1.29 is 23.2 Å². The van der Waals surface area contributed by atoms with Gasteiger partial charge in [0.15, 0.2) is 8.32 Å². The van der Waals surface area contributed by atoms with Crippen molar-refractivity contribution in [2.45, 2.75) is 83.9 Å². The Morgan fingerprint density at radius 3 is 2.07 bits per heavy atom. The van der Waals surface area contributed by atoms with Gasteiger partial charge >= 0.3 is 5.97 Å². The SMILES string of the molecule is COC(=O)[C@@H]1C=C[C@](O[Si](C)(C)C)([C@H](C)C(=O)O[Si](C)(C)C(C)(C)C)CC1. The van der Waals surface area contributed by atoms with E-state index in [1.807, 2.05) is 19.1 Å². The normalized spacial score (nSPS) is 25.0. The van der Waals surface area contributed by atoms with Crippen LogP contribution >= 0.6 is 0 Å². The van der Waals surface area contributed by atoms with E-state index in [0.29, 0.717) is 12.8 Å². The number of hydrogen-bond acceptors (Lipinski definition) is 5. The van der Waals surface area contributed by atoms with Crippen LogP contribution in [-0.4, -0.2) is 41.3 Å². The first kappa shape index (κ1) is 24.1. The van der Waals surface area contributed by atoms with E-state index in [2.05, 4.69) is 53.5 Å². The van der Waals surface area contributed by atoms with E-state index < -0.39 is 28.2 Å². The molecule has 0 spiro atoms. The smallest absolute Gasteiger partial charge is 0.312 e. The van der Waals surface area contributed by atoms with Gasteiger partial charge in [0.25, 0.3) is 14.3 Å². The molecule has 1 aliphatic rings.